The molecule has 1 aromatic carbocycles. The molecule has 0 atom stereocenters. The zero-order chi connectivity index (χ0) is 14.3. The Hall–Kier alpha value is -2.56. The van der Waals surface area contributed by atoms with Gasteiger partial charge in [0.2, 0.25) is 5.88 Å². The van der Waals surface area contributed by atoms with Crippen molar-refractivity contribution in [2.24, 2.45) is 0 Å². The lowest BCUT2D eigenvalue weighted by molar-refractivity contribution is 0.439. The molecule has 4 nitrogen and oxygen atoms in total. The monoisotopic (exact) mass is 272 g/mol. The Labute approximate surface area is 115 Å². The van der Waals surface area contributed by atoms with Crippen LogP contribution in [0, 0.1) is 19.7 Å². The van der Waals surface area contributed by atoms with Gasteiger partial charge in [-0.3, -0.25) is 0 Å². The van der Waals surface area contributed by atoms with E-state index in [2.05, 4.69) is 5.16 Å². The molecule has 2 heterocycles. The molecule has 0 spiro atoms. The topological polar surface area (TPSA) is 65.2 Å². The SMILES string of the molecule is Cc1cc(-c2noc(N)c2-c2ccccc2F)c(C)o1. The summed E-state index contributed by atoms with van der Waals surface area (Å²) in [5, 5.41) is 3.95. The van der Waals surface area contributed by atoms with Crippen molar-refractivity contribution in [3.63, 3.8) is 0 Å². The van der Waals surface area contributed by atoms with Gasteiger partial charge in [-0.15, -0.1) is 0 Å². The summed E-state index contributed by atoms with van der Waals surface area (Å²) in [6.07, 6.45) is 0. The molecule has 3 aromatic rings. The third-order valence-corrected chi connectivity index (χ3v) is 3.16. The van der Waals surface area contributed by atoms with Crippen LogP contribution >= 0.6 is 0 Å². The van der Waals surface area contributed by atoms with Gasteiger partial charge >= 0.3 is 0 Å². The summed E-state index contributed by atoms with van der Waals surface area (Å²) in [6, 6.07) is 8.21. The molecule has 0 bridgehead atoms. The molecule has 0 fully saturated rings. The molecule has 2 N–H and O–H groups in total. The summed E-state index contributed by atoms with van der Waals surface area (Å²) >= 11 is 0. The van der Waals surface area contributed by atoms with Crippen LogP contribution in [-0.4, -0.2) is 5.16 Å². The van der Waals surface area contributed by atoms with E-state index in [1.165, 1.54) is 6.07 Å². The summed E-state index contributed by atoms with van der Waals surface area (Å²) in [4.78, 5) is 0. The van der Waals surface area contributed by atoms with E-state index in [1.54, 1.807) is 18.2 Å². The number of aromatic nitrogens is 1. The number of benzene rings is 1. The maximum absolute atomic E-state index is 14.0. The van der Waals surface area contributed by atoms with E-state index in [1.807, 2.05) is 19.9 Å². The molecular formula is C15H13FN2O2. The van der Waals surface area contributed by atoms with Crippen molar-refractivity contribution in [1.29, 1.82) is 0 Å². The Morgan fingerprint density at radius 1 is 1.15 bits per heavy atom. The third-order valence-electron chi connectivity index (χ3n) is 3.16. The minimum Gasteiger partial charge on any atom is -0.466 e. The van der Waals surface area contributed by atoms with Gasteiger partial charge in [0.05, 0.1) is 5.56 Å². The molecule has 20 heavy (non-hydrogen) atoms. The van der Waals surface area contributed by atoms with Gasteiger partial charge < -0.3 is 14.7 Å². The minimum absolute atomic E-state index is 0.0864. The maximum Gasteiger partial charge on any atom is 0.230 e. The van der Waals surface area contributed by atoms with Gasteiger partial charge in [0, 0.05) is 11.1 Å². The number of hydrogen-bond acceptors (Lipinski definition) is 4. The van der Waals surface area contributed by atoms with E-state index < -0.39 is 0 Å². The molecule has 102 valence electrons. The first-order chi connectivity index (χ1) is 9.58. The van der Waals surface area contributed by atoms with E-state index in [0.29, 0.717) is 22.6 Å². The van der Waals surface area contributed by atoms with E-state index in [-0.39, 0.29) is 11.7 Å². The maximum atomic E-state index is 14.0. The van der Waals surface area contributed by atoms with Crippen LogP contribution in [0.5, 0.6) is 0 Å². The summed E-state index contributed by atoms with van der Waals surface area (Å²) in [5.41, 5.74) is 7.86. The molecule has 0 saturated carbocycles. The van der Waals surface area contributed by atoms with Gasteiger partial charge in [-0.25, -0.2) is 4.39 Å². The number of halogens is 1. The van der Waals surface area contributed by atoms with Crippen LogP contribution < -0.4 is 5.73 Å². The third kappa shape index (κ3) is 1.87. The fourth-order valence-electron chi connectivity index (χ4n) is 2.28. The van der Waals surface area contributed by atoms with Crippen molar-refractivity contribution in [1.82, 2.24) is 5.16 Å². The molecule has 0 amide bonds. The van der Waals surface area contributed by atoms with E-state index in [4.69, 9.17) is 14.7 Å². The minimum atomic E-state index is -0.374. The first-order valence-electron chi connectivity index (χ1n) is 6.15. The molecule has 0 saturated heterocycles. The highest BCUT2D eigenvalue weighted by molar-refractivity contribution is 5.87. The number of furan rings is 1. The standard InChI is InChI=1S/C15H13FN2O2/c1-8-7-11(9(2)19-8)14-13(15(17)20-18-14)10-5-3-4-6-12(10)16/h3-7H,17H2,1-2H3. The summed E-state index contributed by atoms with van der Waals surface area (Å²) in [6.45, 7) is 3.65. The fourth-order valence-corrected chi connectivity index (χ4v) is 2.28. The lowest BCUT2D eigenvalue weighted by Gasteiger charge is -2.03. The smallest absolute Gasteiger partial charge is 0.230 e. The Balaban J connectivity index is 2.26. The Kier molecular flexibility index (Phi) is 2.82. The Morgan fingerprint density at radius 3 is 2.55 bits per heavy atom. The highest BCUT2D eigenvalue weighted by atomic mass is 19.1. The lowest BCUT2D eigenvalue weighted by atomic mass is 10.0. The van der Waals surface area contributed by atoms with Crippen LogP contribution in [0.2, 0.25) is 0 Å². The molecule has 0 radical (unpaired) electrons. The van der Waals surface area contributed by atoms with Crippen molar-refractivity contribution in [2.45, 2.75) is 13.8 Å². The van der Waals surface area contributed by atoms with E-state index in [0.717, 1.165) is 11.3 Å². The van der Waals surface area contributed by atoms with Crippen LogP contribution in [0.3, 0.4) is 0 Å². The summed E-state index contributed by atoms with van der Waals surface area (Å²) in [7, 11) is 0. The van der Waals surface area contributed by atoms with Gasteiger partial charge in [0.1, 0.15) is 23.0 Å². The highest BCUT2D eigenvalue weighted by Crippen LogP contribution is 2.39. The second kappa shape index (κ2) is 4.52. The number of rotatable bonds is 2. The second-order valence-corrected chi connectivity index (χ2v) is 4.58. The van der Waals surface area contributed by atoms with Crippen LogP contribution in [0.1, 0.15) is 11.5 Å². The average molecular weight is 272 g/mol. The van der Waals surface area contributed by atoms with Gasteiger partial charge in [-0.2, -0.15) is 0 Å². The highest BCUT2D eigenvalue weighted by Gasteiger charge is 2.22. The number of anilines is 1. The van der Waals surface area contributed by atoms with Crippen molar-refractivity contribution in [3.8, 4) is 22.4 Å². The van der Waals surface area contributed by atoms with Crippen LogP contribution in [0.25, 0.3) is 22.4 Å². The molecule has 3 rings (SSSR count). The molecule has 0 aliphatic rings. The van der Waals surface area contributed by atoms with E-state index >= 15 is 0 Å². The van der Waals surface area contributed by atoms with Gasteiger partial charge in [-0.05, 0) is 26.0 Å². The normalized spacial score (nSPS) is 10.9. The van der Waals surface area contributed by atoms with Crippen LogP contribution in [-0.2, 0) is 0 Å². The fraction of sp³-hybridized carbons (Fsp3) is 0.133. The first-order valence-corrected chi connectivity index (χ1v) is 6.15. The predicted molar refractivity (Wildman–Crippen MR) is 73.5 cm³/mol. The molecule has 5 heteroatoms. The number of nitrogens with two attached hydrogens (primary N) is 1. The van der Waals surface area contributed by atoms with Crippen molar-refractivity contribution < 1.29 is 13.3 Å². The summed E-state index contributed by atoms with van der Waals surface area (Å²) in [5.74, 6) is 1.15. The Morgan fingerprint density at radius 2 is 1.90 bits per heavy atom. The van der Waals surface area contributed by atoms with Gasteiger partial charge in [0.15, 0.2) is 0 Å². The van der Waals surface area contributed by atoms with Gasteiger partial charge in [-0.1, -0.05) is 23.4 Å². The number of nitrogen functional groups attached to an aromatic ring is 1. The van der Waals surface area contributed by atoms with Crippen LogP contribution in [0.15, 0.2) is 39.3 Å². The number of nitrogens with zero attached hydrogens (tertiary/aromatic N) is 1. The second-order valence-electron chi connectivity index (χ2n) is 4.58. The van der Waals surface area contributed by atoms with Gasteiger partial charge in [0.25, 0.3) is 0 Å². The lowest BCUT2D eigenvalue weighted by Crippen LogP contribution is -1.90. The molecule has 0 aliphatic heterocycles. The van der Waals surface area contributed by atoms with Crippen molar-refractivity contribution in [2.75, 3.05) is 5.73 Å². The quantitative estimate of drug-likeness (QED) is 0.767. The molecule has 0 unspecified atom stereocenters. The average Bonchev–Trinajstić information content (AvgIpc) is 2.93. The van der Waals surface area contributed by atoms with Crippen molar-refractivity contribution in [3.05, 3.63) is 47.7 Å². The molecule has 2 aromatic heterocycles. The number of aryl methyl sites for hydroxylation is 2. The number of hydrogen-bond donors (Lipinski definition) is 1. The van der Waals surface area contributed by atoms with Crippen LogP contribution in [0.4, 0.5) is 10.3 Å². The Bertz CT molecular complexity index is 774. The predicted octanol–water partition coefficient (Wildman–Crippen LogP) is 3.94. The van der Waals surface area contributed by atoms with Crippen molar-refractivity contribution >= 4 is 5.88 Å². The molecule has 0 aliphatic carbocycles. The zero-order valence-electron chi connectivity index (χ0n) is 11.1. The zero-order valence-corrected chi connectivity index (χ0v) is 11.1. The summed E-state index contributed by atoms with van der Waals surface area (Å²) < 4.78 is 24.5. The first kappa shape index (κ1) is 12.5. The van der Waals surface area contributed by atoms with E-state index in [9.17, 15) is 4.39 Å². The largest absolute Gasteiger partial charge is 0.466 e. The molecular weight excluding hydrogens is 259 g/mol.